The van der Waals surface area contributed by atoms with E-state index in [0.717, 1.165) is 16.8 Å². The number of imidazole rings is 1. The molecule has 1 saturated heterocycles. The summed E-state index contributed by atoms with van der Waals surface area (Å²) in [5, 5.41) is 19.1. The maximum Gasteiger partial charge on any atom is 0.317 e. The van der Waals surface area contributed by atoms with Gasteiger partial charge in [0, 0.05) is 37.4 Å². The molecule has 1 atom stereocenters. The SMILES string of the molecule is Cc1cccc(C(=O)C2(C(=O)O)CCN(C(C)c3cncn3Cc3ccc(C#N)cc3)CC2)c1. The number of carbonyl (C=O) groups excluding carboxylic acids is 1. The van der Waals surface area contributed by atoms with Crippen molar-refractivity contribution in [2.75, 3.05) is 13.1 Å². The number of rotatable bonds is 7. The summed E-state index contributed by atoms with van der Waals surface area (Å²) in [5.74, 6) is -1.35. The molecule has 1 aliphatic rings. The fraction of sp³-hybridized carbons (Fsp3) is 0.333. The van der Waals surface area contributed by atoms with Gasteiger partial charge in [0.15, 0.2) is 5.78 Å². The molecule has 4 rings (SSSR count). The molecule has 1 fully saturated rings. The third kappa shape index (κ3) is 4.50. The molecule has 1 aliphatic heterocycles. The quantitative estimate of drug-likeness (QED) is 0.422. The van der Waals surface area contributed by atoms with Crippen molar-refractivity contribution in [3.05, 3.63) is 89.0 Å². The van der Waals surface area contributed by atoms with E-state index in [4.69, 9.17) is 5.26 Å². The van der Waals surface area contributed by atoms with Gasteiger partial charge >= 0.3 is 5.97 Å². The van der Waals surface area contributed by atoms with Crippen LogP contribution in [0.4, 0.5) is 0 Å². The average Bonchev–Trinajstić information content (AvgIpc) is 3.31. The van der Waals surface area contributed by atoms with Gasteiger partial charge in [-0.15, -0.1) is 0 Å². The van der Waals surface area contributed by atoms with Crippen LogP contribution in [0.25, 0.3) is 0 Å². The van der Waals surface area contributed by atoms with Crippen LogP contribution in [0.5, 0.6) is 0 Å². The van der Waals surface area contributed by atoms with Gasteiger partial charge in [0.25, 0.3) is 0 Å². The number of nitriles is 1. The van der Waals surface area contributed by atoms with Crippen molar-refractivity contribution in [2.45, 2.75) is 39.3 Å². The molecule has 34 heavy (non-hydrogen) atoms. The van der Waals surface area contributed by atoms with Crippen LogP contribution in [0, 0.1) is 23.7 Å². The second-order valence-corrected chi connectivity index (χ2v) is 9.05. The Kier molecular flexibility index (Phi) is 6.62. The minimum absolute atomic E-state index is 0.0155. The monoisotopic (exact) mass is 456 g/mol. The lowest BCUT2D eigenvalue weighted by molar-refractivity contribution is -0.148. The smallest absolute Gasteiger partial charge is 0.317 e. The number of nitrogens with zero attached hydrogens (tertiary/aromatic N) is 4. The maximum absolute atomic E-state index is 13.3. The summed E-state index contributed by atoms with van der Waals surface area (Å²) >= 11 is 0. The number of hydrogen-bond acceptors (Lipinski definition) is 5. The molecule has 0 aliphatic carbocycles. The summed E-state index contributed by atoms with van der Waals surface area (Å²) in [7, 11) is 0. The second kappa shape index (κ2) is 9.62. The molecule has 1 aromatic heterocycles. The van der Waals surface area contributed by atoms with Crippen LogP contribution in [-0.2, 0) is 11.3 Å². The number of likely N-dealkylation sites (tertiary alicyclic amines) is 1. The Morgan fingerprint density at radius 3 is 2.50 bits per heavy atom. The van der Waals surface area contributed by atoms with Crippen LogP contribution >= 0.6 is 0 Å². The number of carboxylic acids is 1. The van der Waals surface area contributed by atoms with Gasteiger partial charge in [0.1, 0.15) is 5.41 Å². The molecule has 0 spiro atoms. The number of piperidine rings is 1. The Hall–Kier alpha value is -3.76. The van der Waals surface area contributed by atoms with Gasteiger partial charge in [-0.2, -0.15) is 5.26 Å². The Labute approximate surface area is 199 Å². The van der Waals surface area contributed by atoms with E-state index < -0.39 is 11.4 Å². The molecule has 2 aromatic carbocycles. The standard InChI is InChI=1S/C27H28N4O3/c1-19-4-3-5-23(14-19)25(32)27(26(33)34)10-12-30(13-11-27)20(2)24-16-29-18-31(24)17-22-8-6-21(15-28)7-9-22/h3-9,14,16,18,20H,10-13,17H2,1-2H3,(H,33,34). The van der Waals surface area contributed by atoms with Gasteiger partial charge in [-0.3, -0.25) is 14.5 Å². The maximum atomic E-state index is 13.3. The molecule has 1 unspecified atom stereocenters. The number of hydrogen-bond donors (Lipinski definition) is 1. The van der Waals surface area contributed by atoms with Crippen molar-refractivity contribution < 1.29 is 14.7 Å². The number of carbonyl (C=O) groups is 2. The number of aromatic nitrogens is 2. The van der Waals surface area contributed by atoms with Crippen molar-refractivity contribution in [3.63, 3.8) is 0 Å². The number of ketones is 1. The molecular formula is C27H28N4O3. The topological polar surface area (TPSA) is 99.2 Å². The summed E-state index contributed by atoms with van der Waals surface area (Å²) < 4.78 is 2.07. The van der Waals surface area contributed by atoms with E-state index in [1.54, 1.807) is 36.7 Å². The number of aliphatic carboxylic acids is 1. The fourth-order valence-corrected chi connectivity index (χ4v) is 4.77. The van der Waals surface area contributed by atoms with Crippen LogP contribution in [0.15, 0.2) is 61.1 Å². The van der Waals surface area contributed by atoms with Crippen molar-refractivity contribution in [1.82, 2.24) is 14.5 Å². The van der Waals surface area contributed by atoms with Crippen LogP contribution in [0.1, 0.15) is 58.5 Å². The lowest BCUT2D eigenvalue weighted by Crippen LogP contribution is -2.49. The zero-order valence-corrected chi connectivity index (χ0v) is 19.4. The third-order valence-electron chi connectivity index (χ3n) is 6.93. The molecule has 2 heterocycles. The largest absolute Gasteiger partial charge is 0.480 e. The summed E-state index contributed by atoms with van der Waals surface area (Å²) in [4.78, 5) is 32.2. The van der Waals surface area contributed by atoms with Gasteiger partial charge in [-0.05, 0) is 50.5 Å². The average molecular weight is 457 g/mol. The van der Waals surface area contributed by atoms with E-state index in [9.17, 15) is 14.7 Å². The summed E-state index contributed by atoms with van der Waals surface area (Å²) in [6.45, 7) is 5.63. The molecule has 1 N–H and O–H groups in total. The molecule has 0 radical (unpaired) electrons. The van der Waals surface area contributed by atoms with E-state index in [1.165, 1.54) is 0 Å². The number of benzene rings is 2. The van der Waals surface area contributed by atoms with Gasteiger partial charge in [-0.1, -0.05) is 35.9 Å². The third-order valence-corrected chi connectivity index (χ3v) is 6.93. The number of Topliss-reactive ketones (excluding diaryl/α,β-unsaturated/α-hetero) is 1. The lowest BCUT2D eigenvalue weighted by Gasteiger charge is -2.40. The molecule has 0 amide bonds. The minimum Gasteiger partial charge on any atom is -0.480 e. The first-order valence-electron chi connectivity index (χ1n) is 11.4. The molecular weight excluding hydrogens is 428 g/mol. The van der Waals surface area contributed by atoms with E-state index in [1.807, 2.05) is 31.3 Å². The highest BCUT2D eigenvalue weighted by Gasteiger charge is 2.48. The van der Waals surface area contributed by atoms with Crippen molar-refractivity contribution in [1.29, 1.82) is 5.26 Å². The Morgan fingerprint density at radius 1 is 1.18 bits per heavy atom. The molecule has 0 saturated carbocycles. The summed E-state index contributed by atoms with van der Waals surface area (Å²) in [6.07, 6.45) is 4.16. The highest BCUT2D eigenvalue weighted by molar-refractivity contribution is 6.12. The fourth-order valence-electron chi connectivity index (χ4n) is 4.77. The number of aryl methyl sites for hydroxylation is 1. The second-order valence-electron chi connectivity index (χ2n) is 9.05. The van der Waals surface area contributed by atoms with Crippen molar-refractivity contribution >= 4 is 11.8 Å². The summed E-state index contributed by atoms with van der Waals surface area (Å²) in [6, 6.07) is 16.8. The predicted octanol–water partition coefficient (Wildman–Crippen LogP) is 4.22. The normalized spacial score (nSPS) is 16.5. The van der Waals surface area contributed by atoms with Crippen LogP contribution in [0.2, 0.25) is 0 Å². The van der Waals surface area contributed by atoms with E-state index in [-0.39, 0.29) is 24.7 Å². The molecule has 0 bridgehead atoms. The molecule has 174 valence electrons. The van der Waals surface area contributed by atoms with Gasteiger partial charge in [0.2, 0.25) is 0 Å². The van der Waals surface area contributed by atoms with Crippen LogP contribution in [0.3, 0.4) is 0 Å². The van der Waals surface area contributed by atoms with Gasteiger partial charge in [0.05, 0.1) is 23.7 Å². The zero-order valence-electron chi connectivity index (χ0n) is 19.4. The van der Waals surface area contributed by atoms with Crippen LogP contribution < -0.4 is 0 Å². The molecule has 7 heteroatoms. The van der Waals surface area contributed by atoms with Crippen molar-refractivity contribution in [2.24, 2.45) is 5.41 Å². The van der Waals surface area contributed by atoms with E-state index in [0.29, 0.717) is 30.8 Å². The van der Waals surface area contributed by atoms with Gasteiger partial charge in [-0.25, -0.2) is 4.98 Å². The Balaban J connectivity index is 1.48. The molecule has 3 aromatic rings. The first-order chi connectivity index (χ1) is 16.3. The van der Waals surface area contributed by atoms with E-state index in [2.05, 4.69) is 27.4 Å². The minimum atomic E-state index is -1.40. The van der Waals surface area contributed by atoms with Crippen LogP contribution in [-0.4, -0.2) is 44.4 Å². The first-order valence-corrected chi connectivity index (χ1v) is 11.4. The van der Waals surface area contributed by atoms with E-state index >= 15 is 0 Å². The summed E-state index contributed by atoms with van der Waals surface area (Å²) in [5.41, 5.74) is 2.72. The van der Waals surface area contributed by atoms with Gasteiger partial charge < -0.3 is 9.67 Å². The van der Waals surface area contributed by atoms with Crippen molar-refractivity contribution in [3.8, 4) is 6.07 Å². The lowest BCUT2D eigenvalue weighted by atomic mass is 9.72. The zero-order chi connectivity index (χ0) is 24.3. The first kappa shape index (κ1) is 23.4. The highest BCUT2D eigenvalue weighted by atomic mass is 16.4. The Bertz CT molecular complexity index is 1230. The Morgan fingerprint density at radius 2 is 1.88 bits per heavy atom. The predicted molar refractivity (Wildman–Crippen MR) is 127 cm³/mol. The molecule has 7 nitrogen and oxygen atoms in total. The highest BCUT2D eigenvalue weighted by Crippen LogP contribution is 2.38. The number of carboxylic acid groups (broad SMARTS) is 1.